The number of unbranched alkanes of at least 4 members (excludes halogenated alkanes) is 2. The molecular weight excluding hydrogens is 394 g/mol. The summed E-state index contributed by atoms with van der Waals surface area (Å²) in [6.07, 6.45) is 2.71. The molecule has 3 N–H and O–H groups in total. The normalized spacial score (nSPS) is 10.4. The number of nitrogens with one attached hydrogen (secondary N) is 1. The molecule has 0 aliphatic rings. The van der Waals surface area contributed by atoms with Gasteiger partial charge in [-0.1, -0.05) is 0 Å². The summed E-state index contributed by atoms with van der Waals surface area (Å²) in [5.74, 6) is 2.01. The van der Waals surface area contributed by atoms with Crippen molar-refractivity contribution in [1.29, 1.82) is 5.41 Å². The topological polar surface area (TPSA) is 97.9 Å². The van der Waals surface area contributed by atoms with E-state index in [9.17, 15) is 4.79 Å². The Morgan fingerprint density at radius 2 is 1.52 bits per heavy atom. The second kappa shape index (κ2) is 12.5. The van der Waals surface area contributed by atoms with E-state index in [2.05, 4.69) is 0 Å². The molecule has 0 heterocycles. The van der Waals surface area contributed by atoms with Crippen LogP contribution in [0.25, 0.3) is 0 Å². The Hall–Kier alpha value is -3.22. The molecule has 168 valence electrons. The summed E-state index contributed by atoms with van der Waals surface area (Å²) in [6, 6.07) is 12.5. The van der Waals surface area contributed by atoms with Gasteiger partial charge in [0.25, 0.3) is 5.91 Å². The highest BCUT2D eigenvalue weighted by Gasteiger charge is 2.15. The van der Waals surface area contributed by atoms with E-state index in [1.807, 2.05) is 26.0 Å². The maximum Gasteiger partial charge on any atom is 0.253 e. The van der Waals surface area contributed by atoms with E-state index in [1.165, 1.54) is 0 Å². The second-order valence-electron chi connectivity index (χ2n) is 7.04. The first-order valence-electron chi connectivity index (χ1n) is 10.7. The van der Waals surface area contributed by atoms with Gasteiger partial charge in [-0.05, 0) is 75.6 Å². The first-order chi connectivity index (χ1) is 15.0. The van der Waals surface area contributed by atoms with Gasteiger partial charge in [-0.2, -0.15) is 0 Å². The van der Waals surface area contributed by atoms with Crippen molar-refractivity contribution in [2.24, 2.45) is 5.73 Å². The average molecular weight is 428 g/mol. The molecule has 0 unspecified atom stereocenters. The van der Waals surface area contributed by atoms with Gasteiger partial charge >= 0.3 is 0 Å². The number of amidine groups is 1. The summed E-state index contributed by atoms with van der Waals surface area (Å²) >= 11 is 0. The number of methoxy groups -OCH3 is 1. The van der Waals surface area contributed by atoms with E-state index in [0.29, 0.717) is 48.9 Å². The van der Waals surface area contributed by atoms with Crippen molar-refractivity contribution in [3.05, 3.63) is 53.6 Å². The van der Waals surface area contributed by atoms with Gasteiger partial charge in [-0.3, -0.25) is 10.2 Å². The fourth-order valence-corrected chi connectivity index (χ4v) is 3.10. The molecule has 0 fully saturated rings. The minimum absolute atomic E-state index is 0.00835. The highest BCUT2D eigenvalue weighted by Crippen LogP contribution is 2.29. The first kappa shape index (κ1) is 24.1. The Balaban J connectivity index is 1.76. The minimum atomic E-state index is -0.00835. The van der Waals surface area contributed by atoms with Crippen molar-refractivity contribution in [2.75, 3.05) is 33.4 Å². The molecule has 0 bridgehead atoms. The van der Waals surface area contributed by atoms with E-state index in [-0.39, 0.29) is 11.7 Å². The van der Waals surface area contributed by atoms with Gasteiger partial charge in [0.15, 0.2) is 11.5 Å². The van der Waals surface area contributed by atoms with Crippen molar-refractivity contribution >= 4 is 11.7 Å². The Kier molecular flexibility index (Phi) is 9.68. The van der Waals surface area contributed by atoms with Crippen molar-refractivity contribution in [1.82, 2.24) is 4.90 Å². The summed E-state index contributed by atoms with van der Waals surface area (Å²) < 4.78 is 17.0. The second-order valence-corrected chi connectivity index (χ2v) is 7.04. The SMILES string of the molecule is CCN(CC)C(=O)c1ccc(OC)c(OCCCCCOc2ccc(C(=N)N)cc2)c1. The van der Waals surface area contributed by atoms with Crippen LogP contribution in [0.3, 0.4) is 0 Å². The van der Waals surface area contributed by atoms with Crippen LogP contribution in [0, 0.1) is 5.41 Å². The molecule has 2 rings (SSSR count). The largest absolute Gasteiger partial charge is 0.494 e. The fourth-order valence-electron chi connectivity index (χ4n) is 3.10. The molecule has 7 nitrogen and oxygen atoms in total. The lowest BCUT2D eigenvalue weighted by Gasteiger charge is -2.19. The Labute approximate surface area is 184 Å². The highest BCUT2D eigenvalue weighted by atomic mass is 16.5. The summed E-state index contributed by atoms with van der Waals surface area (Å²) in [5, 5.41) is 7.39. The van der Waals surface area contributed by atoms with Crippen LogP contribution in [-0.4, -0.2) is 50.1 Å². The van der Waals surface area contributed by atoms with Crippen molar-refractivity contribution in [3.63, 3.8) is 0 Å². The van der Waals surface area contributed by atoms with E-state index >= 15 is 0 Å². The molecule has 0 aliphatic carbocycles. The summed E-state index contributed by atoms with van der Waals surface area (Å²) in [4.78, 5) is 14.4. The molecule has 31 heavy (non-hydrogen) atoms. The van der Waals surface area contributed by atoms with Gasteiger partial charge in [0, 0.05) is 24.2 Å². The van der Waals surface area contributed by atoms with Crippen LogP contribution in [0.15, 0.2) is 42.5 Å². The lowest BCUT2D eigenvalue weighted by Crippen LogP contribution is -2.30. The fraction of sp³-hybridized carbons (Fsp3) is 0.417. The Morgan fingerprint density at radius 3 is 2.10 bits per heavy atom. The zero-order valence-electron chi connectivity index (χ0n) is 18.6. The van der Waals surface area contributed by atoms with Gasteiger partial charge in [-0.15, -0.1) is 0 Å². The number of ether oxygens (including phenoxy) is 3. The van der Waals surface area contributed by atoms with Gasteiger partial charge in [-0.25, -0.2) is 0 Å². The third-order valence-corrected chi connectivity index (χ3v) is 4.94. The van der Waals surface area contributed by atoms with Gasteiger partial charge in [0.05, 0.1) is 20.3 Å². The third-order valence-electron chi connectivity index (χ3n) is 4.94. The summed E-state index contributed by atoms with van der Waals surface area (Å²) in [5.41, 5.74) is 6.73. The van der Waals surface area contributed by atoms with E-state index in [4.69, 9.17) is 25.4 Å². The van der Waals surface area contributed by atoms with E-state index in [0.717, 1.165) is 25.0 Å². The number of rotatable bonds is 13. The number of nitrogen functional groups attached to an aromatic ring is 1. The molecule has 0 atom stereocenters. The monoisotopic (exact) mass is 427 g/mol. The van der Waals surface area contributed by atoms with E-state index in [1.54, 1.807) is 42.3 Å². The number of amides is 1. The number of benzene rings is 2. The lowest BCUT2D eigenvalue weighted by atomic mass is 10.1. The first-order valence-corrected chi connectivity index (χ1v) is 10.7. The molecule has 1 amide bonds. The molecule has 7 heteroatoms. The summed E-state index contributed by atoms with van der Waals surface area (Å²) in [6.45, 7) is 6.41. The van der Waals surface area contributed by atoms with Crippen LogP contribution in [0.5, 0.6) is 17.2 Å². The molecule has 0 aliphatic heterocycles. The predicted octanol–water partition coefficient (Wildman–Crippen LogP) is 4.09. The number of hydrogen-bond acceptors (Lipinski definition) is 5. The van der Waals surface area contributed by atoms with Gasteiger partial charge < -0.3 is 24.8 Å². The zero-order valence-corrected chi connectivity index (χ0v) is 18.6. The standard InChI is InChI=1S/C24H33N3O4/c1-4-27(5-2)24(28)19-11-14-21(29-3)22(17-19)31-16-8-6-7-15-30-20-12-9-18(10-13-20)23(25)26/h9-14,17H,4-8,15-16H2,1-3H3,(H3,25,26). The van der Waals surface area contributed by atoms with Gasteiger partial charge in [0.1, 0.15) is 11.6 Å². The maximum atomic E-state index is 12.6. The van der Waals surface area contributed by atoms with Crippen molar-refractivity contribution < 1.29 is 19.0 Å². The molecule has 0 radical (unpaired) electrons. The highest BCUT2D eigenvalue weighted by molar-refractivity contribution is 5.95. The van der Waals surface area contributed by atoms with Gasteiger partial charge in [0.2, 0.25) is 0 Å². The number of hydrogen-bond donors (Lipinski definition) is 2. The molecule has 2 aromatic carbocycles. The molecule has 0 saturated carbocycles. The van der Waals surface area contributed by atoms with Crippen LogP contribution < -0.4 is 19.9 Å². The van der Waals surface area contributed by atoms with Crippen molar-refractivity contribution in [3.8, 4) is 17.2 Å². The number of nitrogens with zero attached hydrogens (tertiary/aromatic N) is 1. The van der Waals surface area contributed by atoms with Crippen molar-refractivity contribution in [2.45, 2.75) is 33.1 Å². The van der Waals surface area contributed by atoms with Crippen LogP contribution in [-0.2, 0) is 0 Å². The Bertz CT molecular complexity index is 848. The van der Waals surface area contributed by atoms with Crippen LogP contribution in [0.4, 0.5) is 0 Å². The van der Waals surface area contributed by atoms with Crippen LogP contribution in [0.2, 0.25) is 0 Å². The third kappa shape index (κ3) is 7.20. The quantitative estimate of drug-likeness (QED) is 0.285. The number of carbonyl (C=O) groups is 1. The lowest BCUT2D eigenvalue weighted by molar-refractivity contribution is 0.0772. The minimum Gasteiger partial charge on any atom is -0.494 e. The molecule has 0 aromatic heterocycles. The maximum absolute atomic E-state index is 12.6. The predicted molar refractivity (Wildman–Crippen MR) is 123 cm³/mol. The Morgan fingerprint density at radius 1 is 0.903 bits per heavy atom. The molecule has 2 aromatic rings. The zero-order chi connectivity index (χ0) is 22.6. The van der Waals surface area contributed by atoms with E-state index < -0.39 is 0 Å². The van der Waals surface area contributed by atoms with Crippen LogP contribution in [0.1, 0.15) is 49.0 Å². The smallest absolute Gasteiger partial charge is 0.253 e. The number of carbonyl (C=O) groups excluding carboxylic acids is 1. The van der Waals surface area contributed by atoms with Crippen LogP contribution >= 0.6 is 0 Å². The number of nitrogens with two attached hydrogens (primary N) is 1. The average Bonchev–Trinajstić information content (AvgIpc) is 2.79. The summed E-state index contributed by atoms with van der Waals surface area (Å²) in [7, 11) is 1.59. The molecule has 0 saturated heterocycles. The molecular formula is C24H33N3O4. The molecule has 0 spiro atoms.